The van der Waals surface area contributed by atoms with Crippen molar-refractivity contribution in [2.24, 2.45) is 0 Å². The molecule has 80 valence electrons. The maximum Gasteiger partial charge on any atom is 0.0787 e. The van der Waals surface area contributed by atoms with Crippen molar-refractivity contribution in [1.29, 1.82) is 0 Å². The quantitative estimate of drug-likeness (QED) is 0.419. The molecule has 13 heavy (non-hydrogen) atoms. The first kappa shape index (κ1) is 12.9. The monoisotopic (exact) mass is 188 g/mol. The van der Waals surface area contributed by atoms with E-state index in [1.165, 1.54) is 43.5 Å². The first-order valence-electron chi connectivity index (χ1n) is 5.58. The summed E-state index contributed by atoms with van der Waals surface area (Å²) in [6, 6.07) is 0. The zero-order chi connectivity index (χ0) is 10.2. The van der Waals surface area contributed by atoms with Crippen molar-refractivity contribution in [2.45, 2.75) is 33.6 Å². The van der Waals surface area contributed by atoms with E-state index in [9.17, 15) is 0 Å². The molecule has 0 aliphatic rings. The number of hydrogen-bond donors (Lipinski definition) is 0. The predicted molar refractivity (Wildman–Crippen MR) is 57.9 cm³/mol. The zero-order valence-corrected chi connectivity index (χ0v) is 9.81. The van der Waals surface area contributed by atoms with Crippen LogP contribution in [0.1, 0.15) is 33.6 Å². The summed E-state index contributed by atoms with van der Waals surface area (Å²) in [6.07, 6.45) is 2.50. The highest BCUT2D eigenvalue weighted by Crippen LogP contribution is 2.08. The van der Waals surface area contributed by atoms with Crippen molar-refractivity contribution in [3.05, 3.63) is 0 Å². The molecule has 2 heteroatoms. The molecule has 0 aliphatic heterocycles. The highest BCUT2D eigenvalue weighted by molar-refractivity contribution is 4.41. The second kappa shape index (κ2) is 7.34. The molecule has 0 saturated heterocycles. The molecular formula is C11H26NO+. The number of quaternary nitrogens is 1. The smallest absolute Gasteiger partial charge is 0.0787 e. The van der Waals surface area contributed by atoms with Crippen LogP contribution in [0.3, 0.4) is 0 Å². The molecule has 0 N–H and O–H groups in total. The molecule has 0 aromatic heterocycles. The van der Waals surface area contributed by atoms with Gasteiger partial charge in [0.15, 0.2) is 0 Å². The van der Waals surface area contributed by atoms with Gasteiger partial charge < -0.3 is 9.22 Å². The van der Waals surface area contributed by atoms with Crippen molar-refractivity contribution in [2.75, 3.05) is 39.9 Å². The van der Waals surface area contributed by atoms with Crippen molar-refractivity contribution in [3.63, 3.8) is 0 Å². The molecule has 0 rings (SSSR count). The standard InChI is InChI=1S/C11H26NO/c1-5-12(6-2,7-3)10-8-9-11-13-4/h5-11H2,1-4H3/q+1. The largest absolute Gasteiger partial charge is 0.385 e. The molecule has 2 nitrogen and oxygen atoms in total. The van der Waals surface area contributed by atoms with Crippen LogP contribution in [0.2, 0.25) is 0 Å². The molecule has 0 unspecified atom stereocenters. The van der Waals surface area contributed by atoms with E-state index in [1.54, 1.807) is 7.11 Å². The van der Waals surface area contributed by atoms with Crippen LogP contribution in [-0.4, -0.2) is 44.4 Å². The van der Waals surface area contributed by atoms with Crippen LogP contribution in [0.15, 0.2) is 0 Å². The van der Waals surface area contributed by atoms with Gasteiger partial charge in [0.1, 0.15) is 0 Å². The molecule has 0 saturated carbocycles. The molecule has 0 fully saturated rings. The third-order valence-electron chi connectivity index (χ3n) is 3.24. The van der Waals surface area contributed by atoms with Gasteiger partial charge in [0.25, 0.3) is 0 Å². The van der Waals surface area contributed by atoms with Crippen LogP contribution < -0.4 is 0 Å². The van der Waals surface area contributed by atoms with Gasteiger partial charge >= 0.3 is 0 Å². The first-order chi connectivity index (χ1) is 6.24. The molecule has 0 amide bonds. The van der Waals surface area contributed by atoms with Crippen LogP contribution in [0, 0.1) is 0 Å². The fourth-order valence-electron chi connectivity index (χ4n) is 1.84. The second-order valence-corrected chi connectivity index (χ2v) is 3.71. The SMILES string of the molecule is CC[N+](CC)(CC)CCCCOC. The number of ether oxygens (including phenoxy) is 1. The molecule has 0 atom stereocenters. The molecule has 0 aromatic rings. The van der Waals surface area contributed by atoms with Gasteiger partial charge in [-0.15, -0.1) is 0 Å². The highest BCUT2D eigenvalue weighted by atomic mass is 16.5. The Hall–Kier alpha value is -0.0800. The molecule has 0 heterocycles. The van der Waals surface area contributed by atoms with Crippen LogP contribution >= 0.6 is 0 Å². The van der Waals surface area contributed by atoms with Gasteiger partial charge in [0, 0.05) is 13.7 Å². The number of methoxy groups -OCH3 is 1. The van der Waals surface area contributed by atoms with Gasteiger partial charge in [-0.3, -0.25) is 0 Å². The van der Waals surface area contributed by atoms with Crippen molar-refractivity contribution < 1.29 is 9.22 Å². The Morgan fingerprint density at radius 3 is 1.85 bits per heavy atom. The minimum Gasteiger partial charge on any atom is -0.385 e. The van der Waals surface area contributed by atoms with Gasteiger partial charge in [-0.05, 0) is 33.6 Å². The van der Waals surface area contributed by atoms with Crippen LogP contribution in [-0.2, 0) is 4.74 Å². The summed E-state index contributed by atoms with van der Waals surface area (Å²) >= 11 is 0. The number of unbranched alkanes of at least 4 members (excludes halogenated alkanes) is 1. The Kier molecular flexibility index (Phi) is 7.29. The lowest BCUT2D eigenvalue weighted by Crippen LogP contribution is -2.48. The Labute approximate surface area is 83.5 Å². The number of hydrogen-bond acceptors (Lipinski definition) is 1. The lowest BCUT2D eigenvalue weighted by atomic mass is 10.2. The van der Waals surface area contributed by atoms with Crippen LogP contribution in [0.4, 0.5) is 0 Å². The Bertz CT molecular complexity index is 102. The summed E-state index contributed by atoms with van der Waals surface area (Å²) in [4.78, 5) is 0. The summed E-state index contributed by atoms with van der Waals surface area (Å²) in [5.74, 6) is 0. The minimum absolute atomic E-state index is 0.914. The number of nitrogens with zero attached hydrogens (tertiary/aromatic N) is 1. The minimum atomic E-state index is 0.914. The molecule has 0 bridgehead atoms. The summed E-state index contributed by atoms with van der Waals surface area (Å²) < 4.78 is 6.32. The lowest BCUT2D eigenvalue weighted by molar-refractivity contribution is -0.923. The summed E-state index contributed by atoms with van der Waals surface area (Å²) in [5, 5.41) is 0. The summed E-state index contributed by atoms with van der Waals surface area (Å²) in [6.45, 7) is 12.9. The molecule has 0 aliphatic carbocycles. The van der Waals surface area contributed by atoms with E-state index in [2.05, 4.69) is 20.8 Å². The third-order valence-corrected chi connectivity index (χ3v) is 3.24. The molecule has 0 radical (unpaired) electrons. The van der Waals surface area contributed by atoms with E-state index >= 15 is 0 Å². The summed E-state index contributed by atoms with van der Waals surface area (Å²) in [7, 11) is 1.78. The molecule has 0 aromatic carbocycles. The van der Waals surface area contributed by atoms with E-state index in [0.29, 0.717) is 0 Å². The fourth-order valence-corrected chi connectivity index (χ4v) is 1.84. The predicted octanol–water partition coefficient (Wildman–Crippen LogP) is 2.29. The average molecular weight is 188 g/mol. The third kappa shape index (κ3) is 4.63. The van der Waals surface area contributed by atoms with Crippen LogP contribution in [0.25, 0.3) is 0 Å². The normalized spacial score (nSPS) is 12.0. The number of rotatable bonds is 8. The van der Waals surface area contributed by atoms with Crippen molar-refractivity contribution >= 4 is 0 Å². The van der Waals surface area contributed by atoms with Crippen molar-refractivity contribution in [1.82, 2.24) is 0 Å². The molecular weight excluding hydrogens is 162 g/mol. The zero-order valence-electron chi connectivity index (χ0n) is 9.81. The first-order valence-corrected chi connectivity index (χ1v) is 5.58. The van der Waals surface area contributed by atoms with Gasteiger partial charge in [-0.1, -0.05) is 0 Å². The van der Waals surface area contributed by atoms with Gasteiger partial charge in [-0.25, -0.2) is 0 Å². The van der Waals surface area contributed by atoms with E-state index in [0.717, 1.165) is 6.61 Å². The Balaban J connectivity index is 3.68. The average Bonchev–Trinajstić information content (AvgIpc) is 2.20. The van der Waals surface area contributed by atoms with E-state index in [1.807, 2.05) is 0 Å². The van der Waals surface area contributed by atoms with E-state index in [-0.39, 0.29) is 0 Å². The Morgan fingerprint density at radius 2 is 1.46 bits per heavy atom. The maximum atomic E-state index is 5.05. The topological polar surface area (TPSA) is 9.23 Å². The van der Waals surface area contributed by atoms with Gasteiger partial charge in [0.05, 0.1) is 26.2 Å². The molecule has 0 spiro atoms. The second-order valence-electron chi connectivity index (χ2n) is 3.71. The Morgan fingerprint density at radius 1 is 0.923 bits per heavy atom. The van der Waals surface area contributed by atoms with Gasteiger partial charge in [0.2, 0.25) is 0 Å². The fraction of sp³-hybridized carbons (Fsp3) is 1.00. The summed E-state index contributed by atoms with van der Waals surface area (Å²) in [5.41, 5.74) is 0. The maximum absolute atomic E-state index is 5.05. The highest BCUT2D eigenvalue weighted by Gasteiger charge is 2.19. The van der Waals surface area contributed by atoms with E-state index in [4.69, 9.17) is 4.74 Å². The lowest BCUT2D eigenvalue weighted by Gasteiger charge is -2.35. The van der Waals surface area contributed by atoms with Gasteiger partial charge in [-0.2, -0.15) is 0 Å². The van der Waals surface area contributed by atoms with Crippen molar-refractivity contribution in [3.8, 4) is 0 Å². The van der Waals surface area contributed by atoms with E-state index < -0.39 is 0 Å². The van der Waals surface area contributed by atoms with Crippen LogP contribution in [0.5, 0.6) is 0 Å².